The van der Waals surface area contributed by atoms with Gasteiger partial charge < -0.3 is 9.47 Å². The largest absolute Gasteiger partial charge is 0.466 e. The van der Waals surface area contributed by atoms with E-state index < -0.39 is 0 Å². The van der Waals surface area contributed by atoms with Gasteiger partial charge in [-0.05, 0) is 59.1 Å². The molecule has 4 aliphatic rings. The molecule has 4 heteroatoms. The molecular weight excluding hydrogens is 400 g/mol. The number of aryl methyl sites for hydroxylation is 4. The molecule has 32 heavy (non-hydrogen) atoms. The van der Waals surface area contributed by atoms with E-state index in [1.165, 1.54) is 59.8 Å². The molecule has 0 amide bonds. The Kier molecular flexibility index (Phi) is 8.38. The summed E-state index contributed by atoms with van der Waals surface area (Å²) in [5.74, 6) is -0.730. The molecule has 6 rings (SSSR count). The molecular formula is C28H28O4. The highest BCUT2D eigenvalue weighted by Crippen LogP contribution is 2.23. The molecule has 0 saturated carbocycles. The molecule has 2 aromatic carbocycles. The van der Waals surface area contributed by atoms with Crippen LogP contribution in [0.4, 0.5) is 0 Å². The highest BCUT2D eigenvalue weighted by atomic mass is 16.5. The number of carbonyl (C=O) groups is 2. The molecule has 4 aliphatic carbocycles. The van der Waals surface area contributed by atoms with E-state index in [2.05, 4.69) is 45.9 Å². The monoisotopic (exact) mass is 428 g/mol. The van der Waals surface area contributed by atoms with Gasteiger partial charge in [-0.15, -0.1) is 0 Å². The van der Waals surface area contributed by atoms with Crippen LogP contribution in [0, 0.1) is 0 Å². The molecule has 0 heterocycles. The SMILES string of the molecule is COC(=O)/C=C/C=C/c1cc2ccc1CCc1ccc(cc1/C=C/C=C/C(=O)OC)CC2. The van der Waals surface area contributed by atoms with Gasteiger partial charge in [0, 0.05) is 12.2 Å². The average Bonchev–Trinajstić information content (AvgIpc) is 2.81. The second kappa shape index (κ2) is 11.7. The fraction of sp³-hybridized carbons (Fsp3) is 0.214. The second-order valence-electron chi connectivity index (χ2n) is 7.55. The Morgan fingerprint density at radius 1 is 0.656 bits per heavy atom. The van der Waals surface area contributed by atoms with Crippen LogP contribution < -0.4 is 0 Å². The third-order valence-electron chi connectivity index (χ3n) is 5.43. The Bertz CT molecular complexity index is 999. The van der Waals surface area contributed by atoms with E-state index >= 15 is 0 Å². The minimum Gasteiger partial charge on any atom is -0.466 e. The second-order valence-corrected chi connectivity index (χ2v) is 7.55. The molecule has 0 N–H and O–H groups in total. The third kappa shape index (κ3) is 6.67. The zero-order valence-corrected chi connectivity index (χ0v) is 18.5. The number of carbonyl (C=O) groups excluding carboxylic acids is 2. The van der Waals surface area contributed by atoms with Gasteiger partial charge in [0.1, 0.15) is 0 Å². The summed E-state index contributed by atoms with van der Waals surface area (Å²) in [6.07, 6.45) is 17.8. The van der Waals surface area contributed by atoms with Crippen LogP contribution in [0.2, 0.25) is 0 Å². The molecule has 0 unspecified atom stereocenters. The molecule has 0 aliphatic heterocycles. The van der Waals surface area contributed by atoms with Crippen molar-refractivity contribution in [2.45, 2.75) is 25.7 Å². The Morgan fingerprint density at radius 2 is 1.09 bits per heavy atom. The van der Waals surface area contributed by atoms with Crippen LogP contribution >= 0.6 is 0 Å². The minimum atomic E-state index is -0.365. The van der Waals surface area contributed by atoms with Crippen molar-refractivity contribution in [3.63, 3.8) is 0 Å². The molecule has 4 bridgehead atoms. The number of benzene rings is 2. The van der Waals surface area contributed by atoms with Gasteiger partial charge in [-0.3, -0.25) is 0 Å². The Hall–Kier alpha value is -3.66. The van der Waals surface area contributed by atoms with Gasteiger partial charge in [-0.2, -0.15) is 0 Å². The van der Waals surface area contributed by atoms with E-state index in [1.807, 2.05) is 24.3 Å². The van der Waals surface area contributed by atoms with E-state index in [4.69, 9.17) is 0 Å². The summed E-state index contributed by atoms with van der Waals surface area (Å²) in [4.78, 5) is 22.5. The van der Waals surface area contributed by atoms with Gasteiger partial charge in [0.15, 0.2) is 0 Å². The van der Waals surface area contributed by atoms with Crippen LogP contribution in [0.3, 0.4) is 0 Å². The number of allylic oxidation sites excluding steroid dienone is 4. The van der Waals surface area contributed by atoms with E-state index in [9.17, 15) is 9.59 Å². The molecule has 0 saturated heterocycles. The Morgan fingerprint density at radius 3 is 1.50 bits per heavy atom. The number of hydrogen-bond donors (Lipinski definition) is 0. The summed E-state index contributed by atoms with van der Waals surface area (Å²) >= 11 is 0. The van der Waals surface area contributed by atoms with Gasteiger partial charge in [-0.1, -0.05) is 72.9 Å². The van der Waals surface area contributed by atoms with E-state index in [0.29, 0.717) is 0 Å². The number of methoxy groups -OCH3 is 2. The highest BCUT2D eigenvalue weighted by Gasteiger charge is 2.09. The zero-order valence-electron chi connectivity index (χ0n) is 18.5. The summed E-state index contributed by atoms with van der Waals surface area (Å²) in [6, 6.07) is 13.3. The quantitative estimate of drug-likeness (QED) is 0.367. The van der Waals surface area contributed by atoms with Crippen LogP contribution in [-0.4, -0.2) is 26.2 Å². The van der Waals surface area contributed by atoms with Crippen LogP contribution in [0.15, 0.2) is 72.9 Å². The fourth-order valence-electron chi connectivity index (χ4n) is 3.65. The van der Waals surface area contributed by atoms with Gasteiger partial charge in [0.2, 0.25) is 0 Å². The number of ether oxygens (including phenoxy) is 2. The summed E-state index contributed by atoms with van der Waals surface area (Å²) in [5.41, 5.74) is 7.44. The average molecular weight is 429 g/mol. The van der Waals surface area contributed by atoms with Gasteiger partial charge in [-0.25, -0.2) is 9.59 Å². The molecule has 0 radical (unpaired) electrons. The molecule has 0 fully saturated rings. The van der Waals surface area contributed by atoms with Crippen molar-refractivity contribution in [1.82, 2.24) is 0 Å². The van der Waals surface area contributed by atoms with Gasteiger partial charge >= 0.3 is 11.9 Å². The molecule has 2 aromatic rings. The summed E-state index contributed by atoms with van der Waals surface area (Å²) in [5, 5.41) is 0. The first-order chi connectivity index (χ1) is 15.6. The lowest BCUT2D eigenvalue weighted by molar-refractivity contribution is -0.135. The normalized spacial score (nSPS) is 13.8. The lowest BCUT2D eigenvalue weighted by Crippen LogP contribution is -2.02. The first-order valence-corrected chi connectivity index (χ1v) is 10.7. The van der Waals surface area contributed by atoms with Gasteiger partial charge in [0.05, 0.1) is 14.2 Å². The third-order valence-corrected chi connectivity index (χ3v) is 5.43. The van der Waals surface area contributed by atoms with Gasteiger partial charge in [0.25, 0.3) is 0 Å². The van der Waals surface area contributed by atoms with E-state index in [-0.39, 0.29) is 11.9 Å². The standard InChI is InChI=1S/C28H28O4/c1-31-27(29)9-5-3-7-25-19-21-11-12-22-14-16-24(18-17-23(25)15-13-21)26(20-22)8-4-6-10-28(30)32-2/h3-10,13-16,19-20H,11-12,17-18H2,1-2H3/b7-3+,8-4+,9-5+,10-6+. The summed E-state index contributed by atoms with van der Waals surface area (Å²) < 4.78 is 9.26. The van der Waals surface area contributed by atoms with Crippen molar-refractivity contribution >= 4 is 24.1 Å². The maximum Gasteiger partial charge on any atom is 0.330 e. The van der Waals surface area contributed by atoms with E-state index in [0.717, 1.165) is 25.7 Å². The molecule has 0 spiro atoms. The van der Waals surface area contributed by atoms with E-state index in [1.54, 1.807) is 12.2 Å². The number of hydrogen-bond acceptors (Lipinski definition) is 4. The highest BCUT2D eigenvalue weighted by molar-refractivity contribution is 5.82. The van der Waals surface area contributed by atoms with Crippen LogP contribution in [0.25, 0.3) is 12.2 Å². The summed E-state index contributed by atoms with van der Waals surface area (Å²) in [7, 11) is 2.74. The predicted octanol–water partition coefficient (Wildman–Crippen LogP) is 5.06. The topological polar surface area (TPSA) is 52.6 Å². The maximum atomic E-state index is 11.3. The Labute approximate surface area is 189 Å². The van der Waals surface area contributed by atoms with Crippen molar-refractivity contribution in [2.75, 3.05) is 14.2 Å². The smallest absolute Gasteiger partial charge is 0.330 e. The van der Waals surface area contributed by atoms with Crippen molar-refractivity contribution < 1.29 is 19.1 Å². The molecule has 0 aromatic heterocycles. The zero-order chi connectivity index (χ0) is 22.8. The van der Waals surface area contributed by atoms with Crippen molar-refractivity contribution in [3.8, 4) is 0 Å². The van der Waals surface area contributed by atoms with Crippen molar-refractivity contribution in [3.05, 3.63) is 106 Å². The lowest BCUT2D eigenvalue weighted by Gasteiger charge is -2.14. The number of rotatable bonds is 6. The van der Waals surface area contributed by atoms with Crippen molar-refractivity contribution in [1.29, 1.82) is 0 Å². The molecule has 4 nitrogen and oxygen atoms in total. The van der Waals surface area contributed by atoms with Crippen molar-refractivity contribution in [2.24, 2.45) is 0 Å². The molecule has 0 atom stereocenters. The Balaban J connectivity index is 1.84. The first-order valence-electron chi connectivity index (χ1n) is 10.7. The first kappa shape index (κ1) is 23.0. The van der Waals surface area contributed by atoms with Crippen LogP contribution in [0.5, 0.6) is 0 Å². The fourth-order valence-corrected chi connectivity index (χ4v) is 3.65. The lowest BCUT2D eigenvalue weighted by atomic mass is 9.91. The van der Waals surface area contributed by atoms with Crippen LogP contribution in [-0.2, 0) is 44.7 Å². The minimum absolute atomic E-state index is 0.365. The molecule has 164 valence electrons. The number of esters is 2. The maximum absolute atomic E-state index is 11.3. The predicted molar refractivity (Wildman–Crippen MR) is 128 cm³/mol. The summed E-state index contributed by atoms with van der Waals surface area (Å²) in [6.45, 7) is 0. The van der Waals surface area contributed by atoms with Crippen LogP contribution in [0.1, 0.15) is 33.4 Å².